The SMILES string of the molecule is CCNCc1ccc(OCCC(C)(C)C)c(Cl)c1. The molecule has 0 spiro atoms. The first-order valence-electron chi connectivity index (χ1n) is 6.54. The summed E-state index contributed by atoms with van der Waals surface area (Å²) in [5.41, 5.74) is 1.47. The molecule has 0 bridgehead atoms. The van der Waals surface area contributed by atoms with Crippen molar-refractivity contribution in [3.63, 3.8) is 0 Å². The van der Waals surface area contributed by atoms with Gasteiger partial charge in [0.05, 0.1) is 11.6 Å². The maximum absolute atomic E-state index is 6.21. The Hall–Kier alpha value is -0.730. The van der Waals surface area contributed by atoms with Gasteiger partial charge in [-0.05, 0) is 36.1 Å². The van der Waals surface area contributed by atoms with Crippen LogP contribution in [0.25, 0.3) is 0 Å². The van der Waals surface area contributed by atoms with Crippen LogP contribution in [0.3, 0.4) is 0 Å². The molecular formula is C15H24ClNO. The molecule has 1 N–H and O–H groups in total. The van der Waals surface area contributed by atoms with Gasteiger partial charge in [0, 0.05) is 6.54 Å². The highest BCUT2D eigenvalue weighted by atomic mass is 35.5. The maximum Gasteiger partial charge on any atom is 0.137 e. The average Bonchev–Trinajstić information content (AvgIpc) is 2.27. The van der Waals surface area contributed by atoms with Crippen molar-refractivity contribution >= 4 is 11.6 Å². The van der Waals surface area contributed by atoms with E-state index in [1.54, 1.807) is 0 Å². The zero-order valence-electron chi connectivity index (χ0n) is 11.8. The van der Waals surface area contributed by atoms with Gasteiger partial charge in [0.2, 0.25) is 0 Å². The molecule has 0 fully saturated rings. The van der Waals surface area contributed by atoms with Crippen LogP contribution >= 0.6 is 11.6 Å². The molecule has 0 aliphatic heterocycles. The monoisotopic (exact) mass is 269 g/mol. The van der Waals surface area contributed by atoms with Crippen LogP contribution in [-0.2, 0) is 6.54 Å². The summed E-state index contributed by atoms with van der Waals surface area (Å²) in [6.07, 6.45) is 1.02. The number of ether oxygens (including phenoxy) is 1. The number of nitrogens with one attached hydrogen (secondary N) is 1. The number of rotatable bonds is 6. The van der Waals surface area contributed by atoms with Crippen LogP contribution in [0.15, 0.2) is 18.2 Å². The van der Waals surface area contributed by atoms with E-state index in [1.807, 2.05) is 12.1 Å². The number of hydrogen-bond acceptors (Lipinski definition) is 2. The van der Waals surface area contributed by atoms with Gasteiger partial charge in [0.25, 0.3) is 0 Å². The Morgan fingerprint density at radius 2 is 2.00 bits per heavy atom. The van der Waals surface area contributed by atoms with Crippen LogP contribution in [0.4, 0.5) is 0 Å². The van der Waals surface area contributed by atoms with E-state index in [0.29, 0.717) is 11.6 Å². The molecule has 0 amide bonds. The Labute approximate surface area is 116 Å². The number of halogens is 1. The Bertz CT molecular complexity index is 371. The highest BCUT2D eigenvalue weighted by Gasteiger charge is 2.10. The molecule has 0 radical (unpaired) electrons. The van der Waals surface area contributed by atoms with E-state index in [4.69, 9.17) is 16.3 Å². The highest BCUT2D eigenvalue weighted by molar-refractivity contribution is 6.32. The first-order valence-corrected chi connectivity index (χ1v) is 6.92. The second-order valence-corrected chi connectivity index (χ2v) is 6.11. The lowest BCUT2D eigenvalue weighted by molar-refractivity contribution is 0.243. The third-order valence-electron chi connectivity index (χ3n) is 2.69. The van der Waals surface area contributed by atoms with Crippen LogP contribution in [0.5, 0.6) is 5.75 Å². The number of hydrogen-bond donors (Lipinski definition) is 1. The van der Waals surface area contributed by atoms with Gasteiger partial charge in [0.15, 0.2) is 0 Å². The molecule has 0 saturated carbocycles. The molecule has 1 rings (SSSR count). The maximum atomic E-state index is 6.21. The van der Waals surface area contributed by atoms with Gasteiger partial charge in [0.1, 0.15) is 5.75 Å². The smallest absolute Gasteiger partial charge is 0.137 e. The summed E-state index contributed by atoms with van der Waals surface area (Å²) in [6, 6.07) is 5.98. The lowest BCUT2D eigenvalue weighted by atomic mass is 9.93. The highest BCUT2D eigenvalue weighted by Crippen LogP contribution is 2.27. The molecule has 0 aliphatic carbocycles. The second kappa shape index (κ2) is 7.01. The molecule has 0 unspecified atom stereocenters. The van der Waals surface area contributed by atoms with Crippen molar-refractivity contribution in [2.24, 2.45) is 5.41 Å². The molecule has 2 nitrogen and oxygen atoms in total. The van der Waals surface area contributed by atoms with Crippen molar-refractivity contribution in [2.75, 3.05) is 13.2 Å². The van der Waals surface area contributed by atoms with Gasteiger partial charge >= 0.3 is 0 Å². The van der Waals surface area contributed by atoms with E-state index >= 15 is 0 Å². The van der Waals surface area contributed by atoms with E-state index < -0.39 is 0 Å². The first-order chi connectivity index (χ1) is 8.42. The first kappa shape index (κ1) is 15.3. The molecule has 0 atom stereocenters. The predicted octanol–water partition coefficient (Wildman–Crippen LogP) is 4.26. The van der Waals surface area contributed by atoms with Gasteiger partial charge < -0.3 is 10.1 Å². The van der Waals surface area contributed by atoms with Gasteiger partial charge in [-0.15, -0.1) is 0 Å². The second-order valence-electron chi connectivity index (χ2n) is 5.70. The van der Waals surface area contributed by atoms with Crippen molar-refractivity contribution < 1.29 is 4.74 Å². The zero-order valence-corrected chi connectivity index (χ0v) is 12.6. The lowest BCUT2D eigenvalue weighted by Gasteiger charge is -2.18. The molecule has 3 heteroatoms. The van der Waals surface area contributed by atoms with E-state index in [1.165, 1.54) is 5.56 Å². The van der Waals surface area contributed by atoms with E-state index in [0.717, 1.165) is 25.3 Å². The fourth-order valence-corrected chi connectivity index (χ4v) is 1.77. The van der Waals surface area contributed by atoms with Crippen LogP contribution in [0.2, 0.25) is 5.02 Å². The van der Waals surface area contributed by atoms with Crippen molar-refractivity contribution in [2.45, 2.75) is 40.7 Å². The van der Waals surface area contributed by atoms with Crippen molar-refractivity contribution in [1.29, 1.82) is 0 Å². The van der Waals surface area contributed by atoms with E-state index in [-0.39, 0.29) is 5.41 Å². The van der Waals surface area contributed by atoms with Gasteiger partial charge in [-0.2, -0.15) is 0 Å². The average molecular weight is 270 g/mol. The van der Waals surface area contributed by atoms with E-state index in [2.05, 4.69) is 39.1 Å². The molecule has 0 heterocycles. The molecule has 0 aromatic heterocycles. The Morgan fingerprint density at radius 1 is 1.28 bits per heavy atom. The van der Waals surface area contributed by atoms with Gasteiger partial charge in [-0.1, -0.05) is 45.4 Å². The third kappa shape index (κ3) is 5.74. The van der Waals surface area contributed by atoms with Crippen molar-refractivity contribution in [1.82, 2.24) is 5.32 Å². The van der Waals surface area contributed by atoms with Gasteiger partial charge in [-0.25, -0.2) is 0 Å². The largest absolute Gasteiger partial charge is 0.492 e. The Balaban J connectivity index is 2.52. The predicted molar refractivity (Wildman–Crippen MR) is 78.4 cm³/mol. The van der Waals surface area contributed by atoms with Crippen molar-refractivity contribution in [3.05, 3.63) is 28.8 Å². The summed E-state index contributed by atoms with van der Waals surface area (Å²) in [5, 5.41) is 3.97. The summed E-state index contributed by atoms with van der Waals surface area (Å²) in [5.74, 6) is 0.779. The molecular weight excluding hydrogens is 246 g/mol. The fraction of sp³-hybridized carbons (Fsp3) is 0.600. The minimum atomic E-state index is 0.289. The minimum Gasteiger partial charge on any atom is -0.492 e. The van der Waals surface area contributed by atoms with E-state index in [9.17, 15) is 0 Å². The number of benzene rings is 1. The summed E-state index contributed by atoms with van der Waals surface area (Å²) in [4.78, 5) is 0. The molecule has 0 saturated heterocycles. The summed E-state index contributed by atoms with van der Waals surface area (Å²) in [7, 11) is 0. The molecule has 18 heavy (non-hydrogen) atoms. The van der Waals surface area contributed by atoms with Crippen LogP contribution in [0, 0.1) is 5.41 Å². The standard InChI is InChI=1S/C15H24ClNO/c1-5-17-11-12-6-7-14(13(16)10-12)18-9-8-15(2,3)4/h6-7,10,17H,5,8-9,11H2,1-4H3. The Kier molecular flexibility index (Phi) is 5.97. The summed E-state index contributed by atoms with van der Waals surface area (Å²) in [6.45, 7) is 11.2. The Morgan fingerprint density at radius 3 is 2.56 bits per heavy atom. The normalized spacial score (nSPS) is 11.6. The summed E-state index contributed by atoms with van der Waals surface area (Å²) >= 11 is 6.21. The zero-order chi connectivity index (χ0) is 13.6. The molecule has 1 aromatic carbocycles. The topological polar surface area (TPSA) is 21.3 Å². The van der Waals surface area contributed by atoms with Crippen LogP contribution in [-0.4, -0.2) is 13.2 Å². The van der Waals surface area contributed by atoms with Crippen LogP contribution < -0.4 is 10.1 Å². The van der Waals surface area contributed by atoms with Crippen molar-refractivity contribution in [3.8, 4) is 5.75 Å². The lowest BCUT2D eigenvalue weighted by Crippen LogP contribution is -2.12. The quantitative estimate of drug-likeness (QED) is 0.833. The molecule has 1 aromatic rings. The minimum absolute atomic E-state index is 0.289. The molecule has 0 aliphatic rings. The summed E-state index contributed by atoms with van der Waals surface area (Å²) < 4.78 is 5.72. The van der Waals surface area contributed by atoms with Gasteiger partial charge in [-0.3, -0.25) is 0 Å². The van der Waals surface area contributed by atoms with Crippen LogP contribution in [0.1, 0.15) is 39.7 Å². The third-order valence-corrected chi connectivity index (χ3v) is 2.98. The molecule has 102 valence electrons. The fourth-order valence-electron chi connectivity index (χ4n) is 1.51.